The van der Waals surface area contributed by atoms with Crippen LogP contribution in [0, 0.1) is 6.92 Å². The molecule has 0 aliphatic heterocycles. The van der Waals surface area contributed by atoms with Gasteiger partial charge in [-0.05, 0) is 30.0 Å². The minimum atomic E-state index is 0.568. The van der Waals surface area contributed by atoms with Crippen LogP contribution in [-0.4, -0.2) is 4.98 Å². The highest BCUT2D eigenvalue weighted by Crippen LogP contribution is 2.23. The molecule has 0 aliphatic carbocycles. The predicted octanol–water partition coefficient (Wildman–Crippen LogP) is 4.18. The van der Waals surface area contributed by atoms with Gasteiger partial charge in [0.1, 0.15) is 0 Å². The molecule has 0 saturated heterocycles. The number of nitrogens with zero attached hydrogens (tertiary/aromatic N) is 1. The van der Waals surface area contributed by atoms with Crippen LogP contribution in [0.4, 0.5) is 0 Å². The molecule has 1 heteroatoms. The molecule has 0 saturated carbocycles. The van der Waals surface area contributed by atoms with E-state index in [9.17, 15) is 0 Å². The Morgan fingerprint density at radius 1 is 1.00 bits per heavy atom. The van der Waals surface area contributed by atoms with Crippen molar-refractivity contribution in [1.29, 1.82) is 0 Å². The van der Waals surface area contributed by atoms with Gasteiger partial charge in [-0.2, -0.15) is 0 Å². The van der Waals surface area contributed by atoms with Crippen LogP contribution in [0.2, 0.25) is 0 Å². The molecule has 82 valence electrons. The number of aromatic nitrogens is 1. The number of rotatable bonds is 2. The summed E-state index contributed by atoms with van der Waals surface area (Å²) in [7, 11) is 0. The predicted molar refractivity (Wildman–Crippen MR) is 68.5 cm³/mol. The Labute approximate surface area is 97.2 Å². The SMILES string of the molecule is Cc1ccc(-c2cccc(C(C)C)c2)cn1. The van der Waals surface area contributed by atoms with Crippen LogP contribution >= 0.6 is 0 Å². The topological polar surface area (TPSA) is 12.9 Å². The molecule has 0 N–H and O–H groups in total. The zero-order valence-corrected chi connectivity index (χ0v) is 10.1. The summed E-state index contributed by atoms with van der Waals surface area (Å²) in [6.45, 7) is 6.44. The third-order valence-electron chi connectivity index (χ3n) is 2.80. The average Bonchev–Trinajstić information content (AvgIpc) is 2.30. The number of aryl methyl sites for hydroxylation is 1. The summed E-state index contributed by atoms with van der Waals surface area (Å²) in [6.07, 6.45) is 1.94. The molecular formula is C15H17N. The summed E-state index contributed by atoms with van der Waals surface area (Å²) in [4.78, 5) is 4.33. The first-order valence-corrected chi connectivity index (χ1v) is 5.70. The molecule has 0 bridgehead atoms. The molecule has 2 aromatic rings. The lowest BCUT2D eigenvalue weighted by atomic mass is 9.98. The Bertz CT molecular complexity index is 469. The van der Waals surface area contributed by atoms with Crippen molar-refractivity contribution in [2.24, 2.45) is 0 Å². The van der Waals surface area contributed by atoms with Crippen molar-refractivity contribution in [3.05, 3.63) is 53.9 Å². The van der Waals surface area contributed by atoms with E-state index < -0.39 is 0 Å². The van der Waals surface area contributed by atoms with E-state index in [2.05, 4.69) is 55.2 Å². The van der Waals surface area contributed by atoms with Crippen molar-refractivity contribution in [1.82, 2.24) is 4.98 Å². The van der Waals surface area contributed by atoms with Crippen molar-refractivity contribution >= 4 is 0 Å². The Balaban J connectivity index is 2.40. The second kappa shape index (κ2) is 4.48. The third kappa shape index (κ3) is 2.30. The Hall–Kier alpha value is -1.63. The first-order chi connectivity index (χ1) is 7.66. The van der Waals surface area contributed by atoms with Crippen molar-refractivity contribution in [2.75, 3.05) is 0 Å². The largest absolute Gasteiger partial charge is 0.261 e. The summed E-state index contributed by atoms with van der Waals surface area (Å²) in [5, 5.41) is 0. The summed E-state index contributed by atoms with van der Waals surface area (Å²) in [5.41, 5.74) is 4.87. The molecule has 0 radical (unpaired) electrons. The Kier molecular flexibility index (Phi) is 3.04. The van der Waals surface area contributed by atoms with Crippen LogP contribution < -0.4 is 0 Å². The van der Waals surface area contributed by atoms with Crippen molar-refractivity contribution in [3.8, 4) is 11.1 Å². The molecule has 1 heterocycles. The average molecular weight is 211 g/mol. The molecule has 2 rings (SSSR count). The second-order valence-electron chi connectivity index (χ2n) is 4.47. The summed E-state index contributed by atoms with van der Waals surface area (Å²) < 4.78 is 0. The normalized spacial score (nSPS) is 10.8. The number of hydrogen-bond donors (Lipinski definition) is 0. The first kappa shape index (κ1) is 10.9. The molecule has 1 nitrogen and oxygen atoms in total. The lowest BCUT2D eigenvalue weighted by Gasteiger charge is -2.08. The first-order valence-electron chi connectivity index (χ1n) is 5.70. The van der Waals surface area contributed by atoms with Crippen LogP contribution in [-0.2, 0) is 0 Å². The van der Waals surface area contributed by atoms with Gasteiger partial charge in [-0.25, -0.2) is 0 Å². The Morgan fingerprint density at radius 3 is 2.44 bits per heavy atom. The monoisotopic (exact) mass is 211 g/mol. The molecular weight excluding hydrogens is 194 g/mol. The molecule has 0 fully saturated rings. The molecule has 0 unspecified atom stereocenters. The zero-order valence-electron chi connectivity index (χ0n) is 10.1. The van der Waals surface area contributed by atoms with Gasteiger partial charge in [-0.3, -0.25) is 4.98 Å². The van der Waals surface area contributed by atoms with Crippen LogP contribution in [0.5, 0.6) is 0 Å². The van der Waals surface area contributed by atoms with E-state index in [0.29, 0.717) is 5.92 Å². The number of benzene rings is 1. The second-order valence-corrected chi connectivity index (χ2v) is 4.47. The fourth-order valence-electron chi connectivity index (χ4n) is 1.72. The summed E-state index contributed by atoms with van der Waals surface area (Å²) in [5.74, 6) is 0.568. The molecule has 0 amide bonds. The highest BCUT2D eigenvalue weighted by molar-refractivity contribution is 5.63. The van der Waals surface area contributed by atoms with E-state index in [-0.39, 0.29) is 0 Å². The van der Waals surface area contributed by atoms with E-state index in [1.54, 1.807) is 0 Å². The van der Waals surface area contributed by atoms with Gasteiger partial charge in [0.25, 0.3) is 0 Å². The van der Waals surface area contributed by atoms with E-state index >= 15 is 0 Å². The van der Waals surface area contributed by atoms with Crippen molar-refractivity contribution in [3.63, 3.8) is 0 Å². The number of hydrogen-bond acceptors (Lipinski definition) is 1. The van der Waals surface area contributed by atoms with Gasteiger partial charge in [0, 0.05) is 17.5 Å². The van der Waals surface area contributed by atoms with E-state index in [4.69, 9.17) is 0 Å². The molecule has 0 spiro atoms. The van der Waals surface area contributed by atoms with E-state index in [0.717, 1.165) is 5.69 Å². The minimum Gasteiger partial charge on any atom is -0.261 e. The lowest BCUT2D eigenvalue weighted by molar-refractivity contribution is 0.867. The minimum absolute atomic E-state index is 0.568. The third-order valence-corrected chi connectivity index (χ3v) is 2.80. The van der Waals surface area contributed by atoms with E-state index in [1.807, 2.05) is 13.1 Å². The van der Waals surface area contributed by atoms with Gasteiger partial charge in [-0.15, -0.1) is 0 Å². The molecule has 0 aliphatic rings. The van der Waals surface area contributed by atoms with E-state index in [1.165, 1.54) is 16.7 Å². The quantitative estimate of drug-likeness (QED) is 0.726. The van der Waals surface area contributed by atoms with Gasteiger partial charge < -0.3 is 0 Å². The molecule has 1 aromatic carbocycles. The van der Waals surface area contributed by atoms with Gasteiger partial charge in [0.05, 0.1) is 0 Å². The highest BCUT2D eigenvalue weighted by atomic mass is 14.7. The van der Waals surface area contributed by atoms with Crippen LogP contribution in [0.15, 0.2) is 42.6 Å². The molecule has 0 atom stereocenters. The number of pyridine rings is 1. The molecule has 16 heavy (non-hydrogen) atoms. The lowest BCUT2D eigenvalue weighted by Crippen LogP contribution is -1.88. The van der Waals surface area contributed by atoms with Crippen molar-refractivity contribution in [2.45, 2.75) is 26.7 Å². The molecule has 1 aromatic heterocycles. The fraction of sp³-hybridized carbons (Fsp3) is 0.267. The standard InChI is InChI=1S/C15H17N/c1-11(2)13-5-4-6-14(9-13)15-8-7-12(3)16-10-15/h4-11H,1-3H3. The maximum atomic E-state index is 4.33. The summed E-state index contributed by atoms with van der Waals surface area (Å²) >= 11 is 0. The maximum absolute atomic E-state index is 4.33. The van der Waals surface area contributed by atoms with Crippen LogP contribution in [0.3, 0.4) is 0 Å². The van der Waals surface area contributed by atoms with Crippen LogP contribution in [0.25, 0.3) is 11.1 Å². The van der Waals surface area contributed by atoms with Gasteiger partial charge >= 0.3 is 0 Å². The van der Waals surface area contributed by atoms with Crippen molar-refractivity contribution < 1.29 is 0 Å². The summed E-state index contributed by atoms with van der Waals surface area (Å²) in [6, 6.07) is 12.9. The fourth-order valence-corrected chi connectivity index (χ4v) is 1.72. The highest BCUT2D eigenvalue weighted by Gasteiger charge is 2.02. The van der Waals surface area contributed by atoms with Gasteiger partial charge in [0.15, 0.2) is 0 Å². The Morgan fingerprint density at radius 2 is 1.81 bits per heavy atom. The zero-order chi connectivity index (χ0) is 11.5. The van der Waals surface area contributed by atoms with Gasteiger partial charge in [0.2, 0.25) is 0 Å². The smallest absolute Gasteiger partial charge is 0.0373 e. The maximum Gasteiger partial charge on any atom is 0.0373 e. The van der Waals surface area contributed by atoms with Gasteiger partial charge in [-0.1, -0.05) is 44.2 Å². The van der Waals surface area contributed by atoms with Crippen LogP contribution in [0.1, 0.15) is 31.0 Å².